The Morgan fingerprint density at radius 3 is 2.59 bits per heavy atom. The molecule has 2 aromatic heterocycles. The van der Waals surface area contributed by atoms with Crippen LogP contribution in [0.4, 0.5) is 0 Å². The number of hydrogen-bond acceptors (Lipinski definition) is 4. The summed E-state index contributed by atoms with van der Waals surface area (Å²) < 4.78 is 0.853. The van der Waals surface area contributed by atoms with Crippen LogP contribution in [0.15, 0.2) is 46.0 Å². The van der Waals surface area contributed by atoms with Crippen molar-refractivity contribution in [1.82, 2.24) is 9.55 Å². The van der Waals surface area contributed by atoms with E-state index < -0.39 is 23.2 Å². The number of nitrogens with one attached hydrogen (secondary N) is 1. The van der Waals surface area contributed by atoms with Crippen molar-refractivity contribution >= 4 is 27.5 Å². The van der Waals surface area contributed by atoms with Gasteiger partial charge in [0.15, 0.2) is 0 Å². The second-order valence-electron chi connectivity index (χ2n) is 4.90. The number of aromatic amines is 1. The molecule has 7 heteroatoms. The fraction of sp³-hybridized carbons (Fsp3) is 0.133. The van der Waals surface area contributed by atoms with E-state index in [2.05, 4.69) is 4.98 Å². The van der Waals surface area contributed by atoms with E-state index in [1.807, 2.05) is 30.3 Å². The number of hydrogen-bond donors (Lipinski definition) is 2. The van der Waals surface area contributed by atoms with Gasteiger partial charge in [0, 0.05) is 4.88 Å². The van der Waals surface area contributed by atoms with Crippen LogP contribution in [0.2, 0.25) is 0 Å². The highest BCUT2D eigenvalue weighted by Crippen LogP contribution is 2.30. The molecule has 0 saturated carbocycles. The molecule has 6 nitrogen and oxygen atoms in total. The zero-order valence-electron chi connectivity index (χ0n) is 11.7. The van der Waals surface area contributed by atoms with Crippen molar-refractivity contribution in [3.8, 4) is 10.4 Å². The summed E-state index contributed by atoms with van der Waals surface area (Å²) in [6.45, 7) is 1.43. The molecule has 0 fully saturated rings. The van der Waals surface area contributed by atoms with Gasteiger partial charge < -0.3 is 5.73 Å². The van der Waals surface area contributed by atoms with E-state index >= 15 is 0 Å². The van der Waals surface area contributed by atoms with Crippen LogP contribution in [0.1, 0.15) is 13.0 Å². The van der Waals surface area contributed by atoms with Crippen LogP contribution in [0, 0.1) is 0 Å². The standard InChI is InChI=1S/C15H13N3O3S/c1-8(12(16)19)18-14(20)10-7-11(9-5-3-2-4-6-9)22-13(10)17-15(18)21/h2-8H,1H3,(H2,16,19)(H,17,21). The molecule has 0 radical (unpaired) electrons. The Hall–Kier alpha value is -2.67. The number of rotatable bonds is 3. The second-order valence-corrected chi connectivity index (χ2v) is 5.96. The number of H-pyrrole nitrogens is 1. The van der Waals surface area contributed by atoms with E-state index in [9.17, 15) is 14.4 Å². The van der Waals surface area contributed by atoms with Gasteiger partial charge in [0.25, 0.3) is 5.56 Å². The molecule has 1 atom stereocenters. The van der Waals surface area contributed by atoms with Crippen LogP contribution in [0.25, 0.3) is 20.7 Å². The Kier molecular flexibility index (Phi) is 3.42. The molecule has 3 aromatic rings. The third-order valence-electron chi connectivity index (χ3n) is 3.48. The minimum Gasteiger partial charge on any atom is -0.368 e. The van der Waals surface area contributed by atoms with Crippen LogP contribution in [0.5, 0.6) is 0 Å². The first-order chi connectivity index (χ1) is 10.5. The number of nitrogens with zero attached hydrogens (tertiary/aromatic N) is 1. The Labute approximate surface area is 128 Å². The third-order valence-corrected chi connectivity index (χ3v) is 4.58. The van der Waals surface area contributed by atoms with Crippen molar-refractivity contribution < 1.29 is 4.79 Å². The average molecular weight is 315 g/mol. The van der Waals surface area contributed by atoms with Crippen molar-refractivity contribution in [3.05, 3.63) is 57.2 Å². The van der Waals surface area contributed by atoms with Gasteiger partial charge in [-0.15, -0.1) is 11.3 Å². The van der Waals surface area contributed by atoms with E-state index in [-0.39, 0.29) is 0 Å². The zero-order chi connectivity index (χ0) is 15.9. The molecule has 112 valence electrons. The van der Waals surface area contributed by atoms with E-state index in [0.29, 0.717) is 10.2 Å². The second kappa shape index (κ2) is 5.27. The third kappa shape index (κ3) is 2.25. The minimum absolute atomic E-state index is 0.372. The highest BCUT2D eigenvalue weighted by molar-refractivity contribution is 7.21. The number of aromatic nitrogens is 2. The minimum atomic E-state index is -0.999. The molecule has 1 unspecified atom stereocenters. The molecule has 0 saturated heterocycles. The van der Waals surface area contributed by atoms with E-state index in [0.717, 1.165) is 15.0 Å². The van der Waals surface area contributed by atoms with Crippen LogP contribution >= 0.6 is 11.3 Å². The maximum Gasteiger partial charge on any atom is 0.330 e. The molecule has 0 aliphatic heterocycles. The molecule has 2 heterocycles. The monoisotopic (exact) mass is 315 g/mol. The van der Waals surface area contributed by atoms with Gasteiger partial charge in [0.2, 0.25) is 5.91 Å². The Morgan fingerprint density at radius 1 is 1.27 bits per heavy atom. The van der Waals surface area contributed by atoms with Gasteiger partial charge in [-0.25, -0.2) is 9.36 Å². The van der Waals surface area contributed by atoms with Crippen molar-refractivity contribution in [2.24, 2.45) is 5.73 Å². The Morgan fingerprint density at radius 2 is 1.95 bits per heavy atom. The first-order valence-corrected chi connectivity index (χ1v) is 7.44. The predicted octanol–water partition coefficient (Wildman–Crippen LogP) is 1.46. The molecule has 3 N–H and O–H groups in total. The number of carbonyl (C=O) groups excluding carboxylic acids is 1. The SMILES string of the molecule is CC(C(N)=O)n1c(=O)[nH]c2sc(-c3ccccc3)cc2c1=O. The van der Waals surface area contributed by atoms with Gasteiger partial charge in [-0.3, -0.25) is 14.6 Å². The summed E-state index contributed by atoms with van der Waals surface area (Å²) in [4.78, 5) is 39.8. The molecule has 0 bridgehead atoms. The molecule has 1 amide bonds. The van der Waals surface area contributed by atoms with Crippen LogP contribution < -0.4 is 17.0 Å². The fourth-order valence-electron chi connectivity index (χ4n) is 2.25. The maximum atomic E-state index is 12.5. The number of primary amides is 1. The van der Waals surface area contributed by atoms with Gasteiger partial charge in [-0.2, -0.15) is 0 Å². The Bertz CT molecular complexity index is 969. The Balaban J connectivity index is 2.26. The molecular formula is C15H13N3O3S. The van der Waals surface area contributed by atoms with E-state index in [1.54, 1.807) is 6.07 Å². The van der Waals surface area contributed by atoms with Gasteiger partial charge in [-0.05, 0) is 18.6 Å². The summed E-state index contributed by atoms with van der Waals surface area (Å²) in [6.07, 6.45) is 0. The number of carbonyl (C=O) groups is 1. The lowest BCUT2D eigenvalue weighted by Crippen LogP contribution is -2.41. The number of thiophene rings is 1. The zero-order valence-corrected chi connectivity index (χ0v) is 12.5. The molecule has 3 rings (SSSR count). The topological polar surface area (TPSA) is 97.9 Å². The van der Waals surface area contributed by atoms with E-state index in [4.69, 9.17) is 5.73 Å². The molecule has 0 spiro atoms. The number of amides is 1. The predicted molar refractivity (Wildman–Crippen MR) is 86.0 cm³/mol. The van der Waals surface area contributed by atoms with Crippen molar-refractivity contribution in [3.63, 3.8) is 0 Å². The van der Waals surface area contributed by atoms with Gasteiger partial charge >= 0.3 is 5.69 Å². The highest BCUT2D eigenvalue weighted by atomic mass is 32.1. The van der Waals surface area contributed by atoms with Crippen molar-refractivity contribution in [1.29, 1.82) is 0 Å². The molecular weight excluding hydrogens is 302 g/mol. The largest absolute Gasteiger partial charge is 0.368 e. The quantitative estimate of drug-likeness (QED) is 0.765. The first kappa shape index (κ1) is 14.3. The van der Waals surface area contributed by atoms with Crippen molar-refractivity contribution in [2.75, 3.05) is 0 Å². The van der Waals surface area contributed by atoms with Crippen LogP contribution in [0.3, 0.4) is 0 Å². The lowest BCUT2D eigenvalue weighted by atomic mass is 10.2. The summed E-state index contributed by atoms with van der Waals surface area (Å²) in [5.74, 6) is -0.731. The number of fused-ring (bicyclic) bond motifs is 1. The van der Waals surface area contributed by atoms with Gasteiger partial charge in [-0.1, -0.05) is 30.3 Å². The van der Waals surface area contributed by atoms with Gasteiger partial charge in [0.1, 0.15) is 10.9 Å². The first-order valence-electron chi connectivity index (χ1n) is 6.62. The number of benzene rings is 1. The molecule has 0 aliphatic rings. The smallest absolute Gasteiger partial charge is 0.330 e. The number of nitrogens with two attached hydrogens (primary N) is 1. The van der Waals surface area contributed by atoms with Gasteiger partial charge in [0.05, 0.1) is 5.39 Å². The molecule has 1 aromatic carbocycles. The van der Waals surface area contributed by atoms with Crippen LogP contribution in [-0.2, 0) is 4.79 Å². The van der Waals surface area contributed by atoms with Crippen molar-refractivity contribution in [2.45, 2.75) is 13.0 Å². The highest BCUT2D eigenvalue weighted by Gasteiger charge is 2.19. The normalized spacial score (nSPS) is 12.4. The summed E-state index contributed by atoms with van der Waals surface area (Å²) in [5.41, 5.74) is 5.01. The lowest BCUT2D eigenvalue weighted by Gasteiger charge is -2.09. The summed E-state index contributed by atoms with van der Waals surface area (Å²) in [7, 11) is 0. The summed E-state index contributed by atoms with van der Waals surface area (Å²) in [5, 5.41) is 0.372. The maximum absolute atomic E-state index is 12.5. The fourth-order valence-corrected chi connectivity index (χ4v) is 3.29. The molecule has 22 heavy (non-hydrogen) atoms. The van der Waals surface area contributed by atoms with E-state index in [1.165, 1.54) is 18.3 Å². The lowest BCUT2D eigenvalue weighted by molar-refractivity contribution is -0.120. The summed E-state index contributed by atoms with van der Waals surface area (Å²) >= 11 is 1.32. The van der Waals surface area contributed by atoms with Crippen LogP contribution in [-0.4, -0.2) is 15.5 Å². The average Bonchev–Trinajstić information content (AvgIpc) is 2.92. The summed E-state index contributed by atoms with van der Waals surface area (Å²) in [6, 6.07) is 10.3. The molecule has 0 aliphatic carbocycles.